The maximum atomic E-state index is 12.8. The molecule has 1 unspecified atom stereocenters. The highest BCUT2D eigenvalue weighted by Crippen LogP contribution is 2.34. The summed E-state index contributed by atoms with van der Waals surface area (Å²) < 4.78 is 18.2. The molecule has 0 bridgehead atoms. The Bertz CT molecular complexity index is 865. The summed E-state index contributed by atoms with van der Waals surface area (Å²) >= 11 is 1.48. The maximum absolute atomic E-state index is 12.8. The number of thiazole rings is 1. The van der Waals surface area contributed by atoms with Gasteiger partial charge in [0.1, 0.15) is 17.4 Å². The van der Waals surface area contributed by atoms with Crippen LogP contribution in [0.2, 0.25) is 0 Å². The smallest absolute Gasteiger partial charge is 0.405 e. The number of rotatable bonds is 12. The van der Waals surface area contributed by atoms with Gasteiger partial charge in [0.2, 0.25) is 5.91 Å². The molecule has 0 radical (unpaired) electrons. The van der Waals surface area contributed by atoms with Crippen LogP contribution in [-0.2, 0) is 22.6 Å². The first kappa shape index (κ1) is 25.7. The summed E-state index contributed by atoms with van der Waals surface area (Å²) in [6, 6.07) is 5.64. The number of aromatic nitrogens is 1. The lowest BCUT2D eigenvalue weighted by molar-refractivity contribution is -0.126. The van der Waals surface area contributed by atoms with Gasteiger partial charge in [0, 0.05) is 11.9 Å². The molecule has 0 aliphatic rings. The molecule has 0 saturated carbocycles. The third-order valence-electron chi connectivity index (χ3n) is 4.80. The number of benzene rings is 1. The van der Waals surface area contributed by atoms with Crippen LogP contribution in [0.3, 0.4) is 0 Å². The third kappa shape index (κ3) is 9.32. The van der Waals surface area contributed by atoms with Gasteiger partial charge in [-0.1, -0.05) is 39.3 Å². The Morgan fingerprint density at radius 1 is 1.19 bits per heavy atom. The van der Waals surface area contributed by atoms with Crippen molar-refractivity contribution >= 4 is 23.3 Å². The zero-order valence-electron chi connectivity index (χ0n) is 18.8. The van der Waals surface area contributed by atoms with Crippen molar-refractivity contribution in [1.82, 2.24) is 15.6 Å². The molecule has 1 heterocycles. The minimum absolute atomic E-state index is 0.0295. The molecular formula is C23H32FN3O4S. The predicted molar refractivity (Wildman–Crippen MR) is 122 cm³/mol. The lowest BCUT2D eigenvalue weighted by Gasteiger charge is -2.28. The zero-order valence-corrected chi connectivity index (χ0v) is 19.6. The van der Waals surface area contributed by atoms with Crippen molar-refractivity contribution < 1.29 is 23.8 Å². The van der Waals surface area contributed by atoms with Crippen LogP contribution in [-0.4, -0.2) is 35.2 Å². The first-order valence-electron chi connectivity index (χ1n) is 10.7. The van der Waals surface area contributed by atoms with Crippen LogP contribution in [0.15, 0.2) is 29.6 Å². The summed E-state index contributed by atoms with van der Waals surface area (Å²) in [6.45, 7) is 6.76. The van der Waals surface area contributed by atoms with E-state index in [0.717, 1.165) is 41.9 Å². The second-order valence-electron chi connectivity index (χ2n) is 8.71. The van der Waals surface area contributed by atoms with E-state index in [0.29, 0.717) is 6.54 Å². The van der Waals surface area contributed by atoms with E-state index in [-0.39, 0.29) is 36.4 Å². The number of ether oxygens (including phenoxy) is 1. The molecule has 2 aromatic rings. The van der Waals surface area contributed by atoms with Gasteiger partial charge in [-0.3, -0.25) is 4.79 Å². The highest BCUT2D eigenvalue weighted by Gasteiger charge is 2.30. The summed E-state index contributed by atoms with van der Waals surface area (Å²) in [6.07, 6.45) is 2.50. The summed E-state index contributed by atoms with van der Waals surface area (Å²) in [5.41, 5.74) is 1.51. The molecular weight excluding hydrogens is 433 g/mol. The Hall–Kier alpha value is -2.52. The van der Waals surface area contributed by atoms with Crippen molar-refractivity contribution in [3.05, 3.63) is 51.7 Å². The molecule has 0 fully saturated rings. The number of nitrogens with zero attached hydrogens (tertiary/aromatic N) is 1. The highest BCUT2D eigenvalue weighted by atomic mass is 32.1. The molecule has 0 aliphatic carbocycles. The van der Waals surface area contributed by atoms with Crippen LogP contribution in [0.5, 0.6) is 0 Å². The third-order valence-corrected chi connectivity index (χ3v) is 5.76. The van der Waals surface area contributed by atoms with E-state index < -0.39 is 6.09 Å². The standard InChI is InChI=1S/C23H32FN3O4S/c1-23(2,3)20(27-22(29)30)21-26-18(15-32-21)7-5-4-6-12-25-19(28)14-31-13-16-8-10-17(24)11-9-16/h8-11,15,20,27H,4-7,12-14H2,1-3H3,(H,25,28)(H,29,30). The average Bonchev–Trinajstić information content (AvgIpc) is 3.17. The molecule has 9 heteroatoms. The van der Waals surface area contributed by atoms with Gasteiger partial charge in [-0.15, -0.1) is 11.3 Å². The molecule has 2 rings (SSSR count). The molecule has 7 nitrogen and oxygen atoms in total. The van der Waals surface area contributed by atoms with Crippen LogP contribution in [0.25, 0.3) is 0 Å². The number of aryl methyl sites for hydroxylation is 1. The minimum atomic E-state index is -1.05. The van der Waals surface area contributed by atoms with E-state index in [1.54, 1.807) is 12.1 Å². The van der Waals surface area contributed by atoms with Gasteiger partial charge in [0.15, 0.2) is 0 Å². The van der Waals surface area contributed by atoms with E-state index >= 15 is 0 Å². The van der Waals surface area contributed by atoms with Crippen molar-refractivity contribution in [2.75, 3.05) is 13.2 Å². The summed E-state index contributed by atoms with van der Waals surface area (Å²) in [4.78, 5) is 27.5. The molecule has 0 aliphatic heterocycles. The topological polar surface area (TPSA) is 101 Å². The predicted octanol–water partition coefficient (Wildman–Crippen LogP) is 4.68. The lowest BCUT2D eigenvalue weighted by Crippen LogP contribution is -2.35. The molecule has 3 N–H and O–H groups in total. The van der Waals surface area contributed by atoms with Crippen molar-refractivity contribution in [3.8, 4) is 0 Å². The maximum Gasteiger partial charge on any atom is 0.405 e. The molecule has 0 spiro atoms. The number of unbranched alkanes of at least 4 members (excludes halogenated alkanes) is 2. The first-order valence-corrected chi connectivity index (χ1v) is 11.6. The van der Waals surface area contributed by atoms with Crippen LogP contribution in [0.4, 0.5) is 9.18 Å². The number of hydrogen-bond acceptors (Lipinski definition) is 5. The number of carbonyl (C=O) groups is 2. The van der Waals surface area contributed by atoms with Crippen LogP contribution >= 0.6 is 11.3 Å². The zero-order chi connectivity index (χ0) is 23.6. The Labute approximate surface area is 192 Å². The minimum Gasteiger partial charge on any atom is -0.465 e. The van der Waals surface area contributed by atoms with Crippen molar-refractivity contribution in [1.29, 1.82) is 0 Å². The van der Waals surface area contributed by atoms with Crippen LogP contribution < -0.4 is 10.6 Å². The number of hydrogen-bond donors (Lipinski definition) is 3. The molecule has 1 aromatic heterocycles. The SMILES string of the molecule is CC(C)(C)C(NC(=O)O)c1nc(CCCCCNC(=O)COCc2ccc(F)cc2)cs1. The van der Waals surface area contributed by atoms with Crippen molar-refractivity contribution in [2.45, 2.75) is 59.1 Å². The normalized spacial score (nSPS) is 12.4. The Morgan fingerprint density at radius 3 is 2.56 bits per heavy atom. The fourth-order valence-corrected chi connectivity index (χ4v) is 4.22. The van der Waals surface area contributed by atoms with Crippen LogP contribution in [0.1, 0.15) is 62.3 Å². The molecule has 176 valence electrons. The Kier molecular flexibility index (Phi) is 10.1. The number of halogens is 1. The molecule has 0 saturated heterocycles. The second kappa shape index (κ2) is 12.5. The summed E-state index contributed by atoms with van der Waals surface area (Å²) in [5.74, 6) is -0.471. The van der Waals surface area contributed by atoms with Gasteiger partial charge < -0.3 is 20.5 Å². The number of nitrogens with one attached hydrogen (secondary N) is 2. The number of carbonyl (C=O) groups excluding carboxylic acids is 1. The largest absolute Gasteiger partial charge is 0.465 e. The fraction of sp³-hybridized carbons (Fsp3) is 0.522. The van der Waals surface area contributed by atoms with Crippen molar-refractivity contribution in [3.63, 3.8) is 0 Å². The van der Waals surface area contributed by atoms with E-state index in [2.05, 4.69) is 15.6 Å². The second-order valence-corrected chi connectivity index (χ2v) is 9.60. The van der Waals surface area contributed by atoms with Crippen molar-refractivity contribution in [2.24, 2.45) is 5.41 Å². The van der Waals surface area contributed by atoms with Gasteiger partial charge >= 0.3 is 6.09 Å². The summed E-state index contributed by atoms with van der Waals surface area (Å²) in [5, 5.41) is 17.3. The molecule has 2 amide bonds. The molecule has 1 aromatic carbocycles. The quantitative estimate of drug-likeness (QED) is 0.395. The van der Waals surface area contributed by atoms with E-state index in [1.807, 2.05) is 26.2 Å². The first-order chi connectivity index (χ1) is 15.1. The molecule has 32 heavy (non-hydrogen) atoms. The fourth-order valence-electron chi connectivity index (χ4n) is 3.07. The Morgan fingerprint density at radius 2 is 1.91 bits per heavy atom. The van der Waals surface area contributed by atoms with Gasteiger partial charge in [-0.2, -0.15) is 0 Å². The average molecular weight is 466 g/mol. The van der Waals surface area contributed by atoms with E-state index in [4.69, 9.17) is 9.84 Å². The van der Waals surface area contributed by atoms with Gasteiger partial charge in [-0.05, 0) is 42.4 Å². The summed E-state index contributed by atoms with van der Waals surface area (Å²) in [7, 11) is 0. The van der Waals surface area contributed by atoms with E-state index in [9.17, 15) is 14.0 Å². The Balaban J connectivity index is 1.60. The van der Waals surface area contributed by atoms with Crippen LogP contribution in [0, 0.1) is 11.2 Å². The van der Waals surface area contributed by atoms with E-state index in [1.165, 1.54) is 23.5 Å². The van der Waals surface area contributed by atoms with Gasteiger partial charge in [0.25, 0.3) is 0 Å². The van der Waals surface area contributed by atoms with Gasteiger partial charge in [0.05, 0.1) is 18.3 Å². The highest BCUT2D eigenvalue weighted by molar-refractivity contribution is 7.09. The lowest BCUT2D eigenvalue weighted by atomic mass is 9.87. The molecule has 1 atom stereocenters. The van der Waals surface area contributed by atoms with Gasteiger partial charge in [-0.25, -0.2) is 14.2 Å². The monoisotopic (exact) mass is 465 g/mol. The number of amides is 2. The number of carboxylic acid groups (broad SMARTS) is 1.